The molecule has 0 saturated heterocycles. The molecule has 0 fully saturated rings. The Labute approximate surface area is 106 Å². The molecule has 0 aromatic heterocycles. The Bertz CT molecular complexity index is 315. The van der Waals surface area contributed by atoms with E-state index in [2.05, 4.69) is 28.9 Å². The number of hydrogen-bond acceptors (Lipinski definition) is 2. The average Bonchev–Trinajstić information content (AvgIpc) is 2.28. The van der Waals surface area contributed by atoms with Crippen LogP contribution in [0.1, 0.15) is 31.7 Å². The molecule has 0 aliphatic rings. The number of halogens is 1. The minimum Gasteiger partial charge on any atom is -0.492 e. The van der Waals surface area contributed by atoms with Gasteiger partial charge in [-0.05, 0) is 46.9 Å². The number of ether oxygens (including phenoxy) is 1. The molecule has 90 valence electrons. The van der Waals surface area contributed by atoms with Gasteiger partial charge in [-0.1, -0.05) is 31.9 Å². The van der Waals surface area contributed by atoms with Crippen molar-refractivity contribution in [1.82, 2.24) is 0 Å². The predicted octanol–water partition coefficient (Wildman–Crippen LogP) is 3.52. The average molecular weight is 286 g/mol. The molecule has 0 spiro atoms. The zero-order chi connectivity index (χ0) is 11.8. The summed E-state index contributed by atoms with van der Waals surface area (Å²) in [4.78, 5) is 0. The van der Waals surface area contributed by atoms with Gasteiger partial charge in [-0.3, -0.25) is 0 Å². The Morgan fingerprint density at radius 2 is 2.12 bits per heavy atom. The van der Waals surface area contributed by atoms with Crippen LogP contribution in [0, 0.1) is 0 Å². The van der Waals surface area contributed by atoms with Crippen LogP contribution in [0.2, 0.25) is 0 Å². The van der Waals surface area contributed by atoms with Crippen LogP contribution in [0.4, 0.5) is 0 Å². The van der Waals surface area contributed by atoms with Gasteiger partial charge in [-0.15, -0.1) is 0 Å². The van der Waals surface area contributed by atoms with Crippen LogP contribution in [0.15, 0.2) is 22.7 Å². The number of rotatable bonds is 7. The third-order valence-electron chi connectivity index (χ3n) is 2.46. The highest BCUT2D eigenvalue weighted by molar-refractivity contribution is 9.10. The van der Waals surface area contributed by atoms with Crippen molar-refractivity contribution in [2.45, 2.75) is 32.6 Å². The lowest BCUT2D eigenvalue weighted by atomic mass is 10.1. The van der Waals surface area contributed by atoms with E-state index in [0.717, 1.165) is 29.7 Å². The highest BCUT2D eigenvalue weighted by atomic mass is 79.9. The van der Waals surface area contributed by atoms with E-state index in [1.165, 1.54) is 18.4 Å². The first kappa shape index (κ1) is 13.5. The van der Waals surface area contributed by atoms with Gasteiger partial charge in [0.05, 0.1) is 11.1 Å². The first-order valence-corrected chi connectivity index (χ1v) is 6.69. The second-order valence-electron chi connectivity index (χ2n) is 3.82. The van der Waals surface area contributed by atoms with E-state index in [0.29, 0.717) is 6.54 Å². The van der Waals surface area contributed by atoms with E-state index < -0.39 is 0 Å². The Hall–Kier alpha value is -0.540. The quantitative estimate of drug-likeness (QED) is 0.778. The van der Waals surface area contributed by atoms with E-state index in [1.807, 2.05) is 12.1 Å². The highest BCUT2D eigenvalue weighted by Gasteiger charge is 2.06. The van der Waals surface area contributed by atoms with Gasteiger partial charge < -0.3 is 10.5 Å². The Kier molecular flexibility index (Phi) is 6.50. The van der Waals surface area contributed by atoms with Crippen LogP contribution >= 0.6 is 15.9 Å². The van der Waals surface area contributed by atoms with Crippen LogP contribution in [0.5, 0.6) is 5.75 Å². The van der Waals surface area contributed by atoms with Crippen LogP contribution in [0.3, 0.4) is 0 Å². The number of hydrogen-bond donors (Lipinski definition) is 1. The molecule has 1 rings (SSSR count). The van der Waals surface area contributed by atoms with Crippen molar-refractivity contribution in [3.63, 3.8) is 0 Å². The number of para-hydroxylation sites is 1. The molecular weight excluding hydrogens is 266 g/mol. The first-order chi connectivity index (χ1) is 7.79. The zero-order valence-electron chi connectivity index (χ0n) is 9.84. The fourth-order valence-corrected chi connectivity index (χ4v) is 2.12. The minimum absolute atomic E-state index is 0.655. The topological polar surface area (TPSA) is 35.2 Å². The van der Waals surface area contributed by atoms with Crippen LogP contribution in [0.25, 0.3) is 0 Å². The van der Waals surface area contributed by atoms with Crippen LogP contribution in [-0.2, 0) is 6.42 Å². The van der Waals surface area contributed by atoms with Crippen molar-refractivity contribution < 1.29 is 4.74 Å². The lowest BCUT2D eigenvalue weighted by Gasteiger charge is -2.12. The molecule has 0 heterocycles. The predicted molar refractivity (Wildman–Crippen MR) is 71.9 cm³/mol. The molecule has 0 amide bonds. The molecule has 0 unspecified atom stereocenters. The number of nitrogens with two attached hydrogens (primary N) is 1. The lowest BCUT2D eigenvalue weighted by Crippen LogP contribution is -2.06. The van der Waals surface area contributed by atoms with Gasteiger partial charge in [-0.25, -0.2) is 0 Å². The standard InChI is InChI=1S/C13H20BrNO/c1-2-3-4-10-16-13-11(8-9-15)6-5-7-12(13)14/h5-7H,2-4,8-10,15H2,1H3. The van der Waals surface area contributed by atoms with Crippen molar-refractivity contribution in [3.05, 3.63) is 28.2 Å². The highest BCUT2D eigenvalue weighted by Crippen LogP contribution is 2.29. The van der Waals surface area contributed by atoms with Gasteiger partial charge in [0.2, 0.25) is 0 Å². The maximum Gasteiger partial charge on any atom is 0.136 e. The monoisotopic (exact) mass is 285 g/mol. The molecule has 1 aromatic carbocycles. The summed E-state index contributed by atoms with van der Waals surface area (Å²) < 4.78 is 6.84. The second-order valence-corrected chi connectivity index (χ2v) is 4.68. The van der Waals surface area contributed by atoms with E-state index in [9.17, 15) is 0 Å². The summed E-state index contributed by atoms with van der Waals surface area (Å²) in [7, 11) is 0. The van der Waals surface area contributed by atoms with E-state index in [-0.39, 0.29) is 0 Å². The fourth-order valence-electron chi connectivity index (χ4n) is 1.59. The Balaban J connectivity index is 2.61. The van der Waals surface area contributed by atoms with Crippen LogP contribution < -0.4 is 10.5 Å². The molecule has 1 aromatic rings. The molecule has 0 bridgehead atoms. The van der Waals surface area contributed by atoms with Crippen LogP contribution in [-0.4, -0.2) is 13.2 Å². The maximum atomic E-state index is 5.82. The summed E-state index contributed by atoms with van der Waals surface area (Å²) in [6, 6.07) is 6.11. The van der Waals surface area contributed by atoms with Crippen molar-refractivity contribution in [3.8, 4) is 5.75 Å². The summed E-state index contributed by atoms with van der Waals surface area (Å²) in [5, 5.41) is 0. The van der Waals surface area contributed by atoms with Gasteiger partial charge >= 0.3 is 0 Å². The molecule has 0 aliphatic heterocycles. The normalized spacial score (nSPS) is 10.4. The lowest BCUT2D eigenvalue weighted by molar-refractivity contribution is 0.301. The van der Waals surface area contributed by atoms with Crippen molar-refractivity contribution in [2.75, 3.05) is 13.2 Å². The van der Waals surface area contributed by atoms with Crippen molar-refractivity contribution >= 4 is 15.9 Å². The molecule has 2 N–H and O–H groups in total. The smallest absolute Gasteiger partial charge is 0.136 e. The minimum atomic E-state index is 0.655. The molecular formula is C13H20BrNO. The van der Waals surface area contributed by atoms with E-state index in [1.54, 1.807) is 0 Å². The number of unbranched alkanes of at least 4 members (excludes halogenated alkanes) is 2. The van der Waals surface area contributed by atoms with E-state index in [4.69, 9.17) is 10.5 Å². The van der Waals surface area contributed by atoms with Crippen molar-refractivity contribution in [1.29, 1.82) is 0 Å². The Morgan fingerprint density at radius 1 is 1.31 bits per heavy atom. The van der Waals surface area contributed by atoms with Crippen molar-refractivity contribution in [2.24, 2.45) is 5.73 Å². The molecule has 3 heteroatoms. The van der Waals surface area contributed by atoms with Gasteiger partial charge in [-0.2, -0.15) is 0 Å². The fraction of sp³-hybridized carbons (Fsp3) is 0.538. The third-order valence-corrected chi connectivity index (χ3v) is 3.08. The number of benzene rings is 1. The maximum absolute atomic E-state index is 5.82. The molecule has 0 radical (unpaired) electrons. The second kappa shape index (κ2) is 7.69. The SMILES string of the molecule is CCCCCOc1c(Br)cccc1CCN. The van der Waals surface area contributed by atoms with Gasteiger partial charge in [0.25, 0.3) is 0 Å². The largest absolute Gasteiger partial charge is 0.492 e. The van der Waals surface area contributed by atoms with Gasteiger partial charge in [0, 0.05) is 0 Å². The summed E-state index contributed by atoms with van der Waals surface area (Å²) in [6.07, 6.45) is 4.41. The molecule has 16 heavy (non-hydrogen) atoms. The third kappa shape index (κ3) is 4.14. The summed E-state index contributed by atoms with van der Waals surface area (Å²) in [5.74, 6) is 0.962. The van der Waals surface area contributed by atoms with Gasteiger partial charge in [0.1, 0.15) is 5.75 Å². The molecule has 2 nitrogen and oxygen atoms in total. The summed E-state index contributed by atoms with van der Waals surface area (Å²) in [5.41, 5.74) is 6.77. The molecule has 0 saturated carbocycles. The summed E-state index contributed by atoms with van der Waals surface area (Å²) in [6.45, 7) is 3.63. The zero-order valence-corrected chi connectivity index (χ0v) is 11.4. The molecule has 0 atom stereocenters. The summed E-state index contributed by atoms with van der Waals surface area (Å²) >= 11 is 3.52. The first-order valence-electron chi connectivity index (χ1n) is 5.89. The van der Waals surface area contributed by atoms with E-state index >= 15 is 0 Å². The van der Waals surface area contributed by atoms with Gasteiger partial charge in [0.15, 0.2) is 0 Å². The Morgan fingerprint density at radius 3 is 2.81 bits per heavy atom. The molecule has 0 aliphatic carbocycles.